The van der Waals surface area contributed by atoms with E-state index in [-0.39, 0.29) is 5.91 Å². The van der Waals surface area contributed by atoms with Gasteiger partial charge in [-0.05, 0) is 43.7 Å². The first kappa shape index (κ1) is 23.1. The summed E-state index contributed by atoms with van der Waals surface area (Å²) in [6.45, 7) is 4.18. The quantitative estimate of drug-likeness (QED) is 0.222. The SMILES string of the molecule is CCCCC(=O)Nc1cncc(-c2cnc3n[nH]c(-c4nc5c(-c6ccc(C)s6)cccc5[nH]4)c3c2)c1. The van der Waals surface area contributed by atoms with Gasteiger partial charge < -0.3 is 10.3 Å². The number of hydrogen-bond acceptors (Lipinski definition) is 6. The van der Waals surface area contributed by atoms with E-state index >= 15 is 0 Å². The van der Waals surface area contributed by atoms with Gasteiger partial charge in [0.15, 0.2) is 11.5 Å². The summed E-state index contributed by atoms with van der Waals surface area (Å²) in [4.78, 5) is 31.9. The molecule has 6 aromatic rings. The molecule has 184 valence electrons. The van der Waals surface area contributed by atoms with Gasteiger partial charge in [-0.1, -0.05) is 25.5 Å². The van der Waals surface area contributed by atoms with Crippen molar-refractivity contribution in [3.05, 3.63) is 65.9 Å². The second-order valence-electron chi connectivity index (χ2n) is 9.01. The largest absolute Gasteiger partial charge is 0.337 e. The molecule has 37 heavy (non-hydrogen) atoms. The summed E-state index contributed by atoms with van der Waals surface area (Å²) in [5.41, 5.74) is 6.75. The molecule has 0 radical (unpaired) electrons. The van der Waals surface area contributed by atoms with Gasteiger partial charge in [0.2, 0.25) is 5.91 Å². The Kier molecular flexibility index (Phi) is 5.97. The maximum absolute atomic E-state index is 12.2. The number of unbranched alkanes of at least 4 members (excludes halogenated alkanes) is 1. The highest BCUT2D eigenvalue weighted by atomic mass is 32.1. The molecular weight excluding hydrogens is 482 g/mol. The zero-order chi connectivity index (χ0) is 25.4. The van der Waals surface area contributed by atoms with Gasteiger partial charge in [-0.15, -0.1) is 11.3 Å². The lowest BCUT2D eigenvalue weighted by molar-refractivity contribution is -0.116. The maximum atomic E-state index is 12.2. The highest BCUT2D eigenvalue weighted by Gasteiger charge is 2.17. The molecule has 0 unspecified atom stereocenters. The number of anilines is 1. The van der Waals surface area contributed by atoms with Gasteiger partial charge in [0.05, 0.1) is 28.3 Å². The molecule has 0 saturated carbocycles. The van der Waals surface area contributed by atoms with E-state index < -0.39 is 0 Å². The van der Waals surface area contributed by atoms with Crippen molar-refractivity contribution in [2.75, 3.05) is 5.32 Å². The summed E-state index contributed by atoms with van der Waals surface area (Å²) < 4.78 is 0. The van der Waals surface area contributed by atoms with Crippen LogP contribution in [0.2, 0.25) is 0 Å². The van der Waals surface area contributed by atoms with Crippen molar-refractivity contribution < 1.29 is 4.79 Å². The Bertz CT molecular complexity index is 1750. The fraction of sp³-hybridized carbons (Fsp3) is 0.179. The first-order valence-corrected chi connectivity index (χ1v) is 13.1. The third kappa shape index (κ3) is 4.49. The Labute approximate surface area is 217 Å². The number of thiophene rings is 1. The van der Waals surface area contributed by atoms with Crippen LogP contribution in [-0.2, 0) is 4.79 Å². The average molecular weight is 508 g/mol. The summed E-state index contributed by atoms with van der Waals surface area (Å²) in [6.07, 6.45) is 7.52. The lowest BCUT2D eigenvalue weighted by atomic mass is 10.1. The standard InChI is InChI=1S/C28H25N7OS/c1-3-4-8-24(36)31-19-11-17(13-29-15-19)18-12-21-26(34-35-27(21)30-14-18)28-32-22-7-5-6-20(25(22)33-28)23-10-9-16(2)37-23/h5-7,9-15H,3-4,8H2,1-2H3,(H,31,36)(H,32,33)(H,30,34,35). The molecule has 0 aliphatic rings. The van der Waals surface area contributed by atoms with Crippen LogP contribution in [-0.4, -0.2) is 36.0 Å². The van der Waals surface area contributed by atoms with E-state index in [0.717, 1.165) is 51.6 Å². The number of H-pyrrole nitrogens is 2. The third-order valence-corrected chi connectivity index (χ3v) is 7.31. The van der Waals surface area contributed by atoms with Gasteiger partial charge in [0, 0.05) is 45.3 Å². The van der Waals surface area contributed by atoms with Crippen molar-refractivity contribution in [2.24, 2.45) is 0 Å². The number of aryl methyl sites for hydroxylation is 1. The van der Waals surface area contributed by atoms with Gasteiger partial charge in [-0.2, -0.15) is 5.10 Å². The lowest BCUT2D eigenvalue weighted by Crippen LogP contribution is -2.11. The van der Waals surface area contributed by atoms with Crippen LogP contribution >= 0.6 is 11.3 Å². The zero-order valence-electron chi connectivity index (χ0n) is 20.5. The first-order chi connectivity index (χ1) is 18.1. The number of nitrogens with zero attached hydrogens (tertiary/aromatic N) is 4. The van der Waals surface area contributed by atoms with Gasteiger partial charge >= 0.3 is 0 Å². The molecule has 0 spiro atoms. The molecule has 9 heteroatoms. The zero-order valence-corrected chi connectivity index (χ0v) is 21.3. The Morgan fingerprint density at radius 3 is 2.81 bits per heavy atom. The average Bonchev–Trinajstić information content (AvgIpc) is 3.64. The molecule has 0 bridgehead atoms. The minimum atomic E-state index is -0.00605. The van der Waals surface area contributed by atoms with Crippen LogP contribution in [0.1, 0.15) is 31.1 Å². The van der Waals surface area contributed by atoms with E-state index in [2.05, 4.69) is 62.5 Å². The summed E-state index contributed by atoms with van der Waals surface area (Å²) >= 11 is 1.76. The molecule has 1 aromatic carbocycles. The Morgan fingerprint density at radius 2 is 1.97 bits per heavy atom. The van der Waals surface area contributed by atoms with Crippen LogP contribution in [0.4, 0.5) is 5.69 Å². The van der Waals surface area contributed by atoms with Crippen molar-refractivity contribution >= 4 is 45.0 Å². The summed E-state index contributed by atoms with van der Waals surface area (Å²) in [6, 6.07) is 14.4. The van der Waals surface area contributed by atoms with E-state index in [1.54, 1.807) is 29.9 Å². The molecule has 5 aromatic heterocycles. The van der Waals surface area contributed by atoms with Gasteiger partial charge in [0.25, 0.3) is 0 Å². The molecule has 5 heterocycles. The highest BCUT2D eigenvalue weighted by Crippen LogP contribution is 2.35. The number of nitrogens with one attached hydrogen (secondary N) is 3. The number of carbonyl (C=O) groups is 1. The van der Waals surface area contributed by atoms with Crippen molar-refractivity contribution in [3.63, 3.8) is 0 Å². The van der Waals surface area contributed by atoms with Crippen molar-refractivity contribution in [2.45, 2.75) is 33.1 Å². The fourth-order valence-corrected chi connectivity index (χ4v) is 5.29. The number of carbonyl (C=O) groups excluding carboxylic acids is 1. The topological polar surface area (TPSA) is 112 Å². The van der Waals surface area contributed by atoms with Gasteiger partial charge in [-0.3, -0.25) is 14.9 Å². The number of amides is 1. The highest BCUT2D eigenvalue weighted by molar-refractivity contribution is 7.15. The summed E-state index contributed by atoms with van der Waals surface area (Å²) in [5, 5.41) is 11.3. The predicted octanol–water partition coefficient (Wildman–Crippen LogP) is 6.73. The number of imidazole rings is 1. The maximum Gasteiger partial charge on any atom is 0.224 e. The van der Waals surface area contributed by atoms with Gasteiger partial charge in [0.1, 0.15) is 5.69 Å². The van der Waals surface area contributed by atoms with Crippen molar-refractivity contribution in [1.29, 1.82) is 0 Å². The number of aromatic nitrogens is 6. The predicted molar refractivity (Wildman–Crippen MR) is 148 cm³/mol. The number of aromatic amines is 2. The summed E-state index contributed by atoms with van der Waals surface area (Å²) in [7, 11) is 0. The fourth-order valence-electron chi connectivity index (χ4n) is 4.39. The number of fused-ring (bicyclic) bond motifs is 2. The molecular formula is C28H25N7OS. The monoisotopic (exact) mass is 507 g/mol. The van der Waals surface area contributed by atoms with E-state index in [1.807, 2.05) is 24.3 Å². The molecule has 0 saturated heterocycles. The minimum Gasteiger partial charge on any atom is -0.337 e. The molecule has 0 atom stereocenters. The molecule has 0 aliphatic heterocycles. The first-order valence-electron chi connectivity index (χ1n) is 12.2. The molecule has 1 amide bonds. The van der Waals surface area contributed by atoms with Crippen molar-refractivity contribution in [1.82, 2.24) is 30.1 Å². The Morgan fingerprint density at radius 1 is 1.08 bits per heavy atom. The normalized spacial score (nSPS) is 11.4. The van der Waals surface area contributed by atoms with E-state index in [0.29, 0.717) is 23.6 Å². The van der Waals surface area contributed by atoms with Crippen LogP contribution in [0, 0.1) is 6.92 Å². The van der Waals surface area contributed by atoms with Crippen LogP contribution in [0.5, 0.6) is 0 Å². The van der Waals surface area contributed by atoms with Crippen LogP contribution in [0.25, 0.3) is 55.2 Å². The number of para-hydroxylation sites is 1. The molecule has 8 nitrogen and oxygen atoms in total. The lowest BCUT2D eigenvalue weighted by Gasteiger charge is -2.07. The Balaban J connectivity index is 1.37. The van der Waals surface area contributed by atoms with Crippen molar-refractivity contribution in [3.8, 4) is 33.1 Å². The van der Waals surface area contributed by atoms with Crippen LogP contribution in [0.15, 0.2) is 61.1 Å². The molecule has 6 rings (SSSR count). The van der Waals surface area contributed by atoms with E-state index in [9.17, 15) is 4.79 Å². The molecule has 3 N–H and O–H groups in total. The number of pyridine rings is 2. The smallest absolute Gasteiger partial charge is 0.224 e. The Hall–Kier alpha value is -4.37. The molecule has 0 fully saturated rings. The second-order valence-corrected chi connectivity index (χ2v) is 10.3. The molecule has 0 aliphatic carbocycles. The third-order valence-electron chi connectivity index (χ3n) is 6.28. The van der Waals surface area contributed by atoms with Crippen LogP contribution in [0.3, 0.4) is 0 Å². The summed E-state index contributed by atoms with van der Waals surface area (Å²) in [5.74, 6) is 0.695. The van der Waals surface area contributed by atoms with E-state index in [1.165, 1.54) is 9.75 Å². The minimum absolute atomic E-state index is 0.00605. The van der Waals surface area contributed by atoms with Crippen LogP contribution < -0.4 is 5.32 Å². The van der Waals surface area contributed by atoms with E-state index in [4.69, 9.17) is 4.98 Å². The number of benzene rings is 1. The van der Waals surface area contributed by atoms with Gasteiger partial charge in [-0.25, -0.2) is 9.97 Å². The number of hydrogen-bond donors (Lipinski definition) is 3. The second kappa shape index (κ2) is 9.59. The number of rotatable bonds is 7.